The second kappa shape index (κ2) is 8.88. The molecule has 7 nitrogen and oxygen atoms in total. The SMILES string of the molecule is O=C1CCc2cc(OCCCC(=O)NC3CCC(C(=O)O)CC3)ccc2N1. The highest BCUT2D eigenvalue weighted by Crippen LogP contribution is 2.27. The molecule has 0 spiro atoms. The lowest BCUT2D eigenvalue weighted by Gasteiger charge is -2.26. The Morgan fingerprint density at radius 2 is 1.96 bits per heavy atom. The maximum absolute atomic E-state index is 12.0. The molecule has 2 aliphatic rings. The Kier molecular flexibility index (Phi) is 6.32. The van der Waals surface area contributed by atoms with Crippen LogP contribution in [0.15, 0.2) is 18.2 Å². The molecule has 1 aliphatic heterocycles. The molecular weight excluding hydrogens is 348 g/mol. The number of benzene rings is 1. The average molecular weight is 374 g/mol. The van der Waals surface area contributed by atoms with Crippen LogP contribution in [0.4, 0.5) is 5.69 Å². The van der Waals surface area contributed by atoms with Crippen molar-refractivity contribution in [1.82, 2.24) is 5.32 Å². The van der Waals surface area contributed by atoms with Gasteiger partial charge in [0.25, 0.3) is 0 Å². The Morgan fingerprint density at radius 1 is 1.19 bits per heavy atom. The van der Waals surface area contributed by atoms with Crippen molar-refractivity contribution >= 4 is 23.5 Å². The van der Waals surface area contributed by atoms with Crippen LogP contribution in [0, 0.1) is 5.92 Å². The highest BCUT2D eigenvalue weighted by atomic mass is 16.5. The van der Waals surface area contributed by atoms with Crippen molar-refractivity contribution in [3.05, 3.63) is 23.8 Å². The van der Waals surface area contributed by atoms with Gasteiger partial charge in [-0.2, -0.15) is 0 Å². The highest BCUT2D eigenvalue weighted by Gasteiger charge is 2.26. The predicted octanol–water partition coefficient (Wildman–Crippen LogP) is 2.49. The smallest absolute Gasteiger partial charge is 0.306 e. The van der Waals surface area contributed by atoms with Crippen molar-refractivity contribution < 1.29 is 24.2 Å². The molecule has 1 aliphatic carbocycles. The summed E-state index contributed by atoms with van der Waals surface area (Å²) in [4.78, 5) is 34.4. The number of carbonyl (C=O) groups excluding carboxylic acids is 2. The van der Waals surface area contributed by atoms with Crippen molar-refractivity contribution in [3.63, 3.8) is 0 Å². The molecule has 1 heterocycles. The van der Waals surface area contributed by atoms with Gasteiger partial charge in [0.2, 0.25) is 11.8 Å². The first-order chi connectivity index (χ1) is 13.0. The molecule has 27 heavy (non-hydrogen) atoms. The molecule has 0 saturated heterocycles. The molecule has 7 heteroatoms. The van der Waals surface area contributed by atoms with Crippen molar-refractivity contribution in [2.75, 3.05) is 11.9 Å². The van der Waals surface area contributed by atoms with Gasteiger partial charge in [0.05, 0.1) is 12.5 Å². The van der Waals surface area contributed by atoms with Crippen LogP contribution in [-0.2, 0) is 20.8 Å². The lowest BCUT2D eigenvalue weighted by molar-refractivity contribution is -0.142. The number of carbonyl (C=O) groups is 3. The zero-order valence-corrected chi connectivity index (χ0v) is 15.3. The van der Waals surface area contributed by atoms with Gasteiger partial charge in [-0.05, 0) is 62.3 Å². The molecule has 1 aromatic rings. The number of aryl methyl sites for hydroxylation is 1. The largest absolute Gasteiger partial charge is 0.494 e. The predicted molar refractivity (Wildman–Crippen MR) is 99.6 cm³/mol. The van der Waals surface area contributed by atoms with Crippen molar-refractivity contribution in [3.8, 4) is 5.75 Å². The summed E-state index contributed by atoms with van der Waals surface area (Å²) in [7, 11) is 0. The number of anilines is 1. The summed E-state index contributed by atoms with van der Waals surface area (Å²) in [6, 6.07) is 5.70. The van der Waals surface area contributed by atoms with Gasteiger partial charge in [0.1, 0.15) is 5.75 Å². The van der Waals surface area contributed by atoms with E-state index < -0.39 is 5.97 Å². The minimum Gasteiger partial charge on any atom is -0.494 e. The van der Waals surface area contributed by atoms with E-state index in [9.17, 15) is 14.4 Å². The number of aliphatic carboxylic acids is 1. The van der Waals surface area contributed by atoms with Gasteiger partial charge in [-0.1, -0.05) is 0 Å². The first kappa shape index (κ1) is 19.2. The zero-order chi connectivity index (χ0) is 19.2. The molecule has 0 bridgehead atoms. The third-order valence-electron chi connectivity index (χ3n) is 5.23. The van der Waals surface area contributed by atoms with E-state index in [1.165, 1.54) is 0 Å². The first-order valence-corrected chi connectivity index (χ1v) is 9.59. The van der Waals surface area contributed by atoms with Crippen LogP contribution in [0.25, 0.3) is 0 Å². The number of hydrogen-bond donors (Lipinski definition) is 3. The van der Waals surface area contributed by atoms with E-state index in [4.69, 9.17) is 9.84 Å². The summed E-state index contributed by atoms with van der Waals surface area (Å²) in [5.41, 5.74) is 1.91. The molecule has 1 fully saturated rings. The highest BCUT2D eigenvalue weighted by molar-refractivity contribution is 5.94. The van der Waals surface area contributed by atoms with E-state index in [2.05, 4.69) is 10.6 Å². The Bertz CT molecular complexity index is 710. The molecule has 3 rings (SSSR count). The van der Waals surface area contributed by atoms with Crippen LogP contribution in [0.5, 0.6) is 5.75 Å². The second-order valence-corrected chi connectivity index (χ2v) is 7.27. The number of amides is 2. The van der Waals surface area contributed by atoms with Crippen molar-refractivity contribution in [1.29, 1.82) is 0 Å². The van der Waals surface area contributed by atoms with Gasteiger partial charge in [-0.15, -0.1) is 0 Å². The molecule has 0 radical (unpaired) electrons. The molecule has 3 N–H and O–H groups in total. The van der Waals surface area contributed by atoms with E-state index in [1.54, 1.807) is 0 Å². The van der Waals surface area contributed by atoms with Gasteiger partial charge < -0.3 is 20.5 Å². The number of carboxylic acid groups (broad SMARTS) is 1. The van der Waals surface area contributed by atoms with Crippen LogP contribution < -0.4 is 15.4 Å². The van der Waals surface area contributed by atoms with E-state index in [0.717, 1.165) is 29.8 Å². The summed E-state index contributed by atoms with van der Waals surface area (Å²) >= 11 is 0. The van der Waals surface area contributed by atoms with Gasteiger partial charge in [0, 0.05) is 24.6 Å². The number of fused-ring (bicyclic) bond motifs is 1. The summed E-state index contributed by atoms with van der Waals surface area (Å²) < 4.78 is 5.72. The lowest BCUT2D eigenvalue weighted by Crippen LogP contribution is -2.38. The van der Waals surface area contributed by atoms with Crippen LogP contribution in [0.3, 0.4) is 0 Å². The van der Waals surface area contributed by atoms with E-state index in [1.807, 2.05) is 18.2 Å². The Balaban J connectivity index is 1.34. The van der Waals surface area contributed by atoms with Crippen LogP contribution in [0.2, 0.25) is 0 Å². The monoisotopic (exact) mass is 374 g/mol. The molecule has 2 amide bonds. The number of rotatable bonds is 7. The quantitative estimate of drug-likeness (QED) is 0.636. The summed E-state index contributed by atoms with van der Waals surface area (Å²) in [6.07, 6.45) is 4.92. The maximum atomic E-state index is 12.0. The molecule has 0 atom stereocenters. The molecule has 1 saturated carbocycles. The lowest BCUT2D eigenvalue weighted by atomic mass is 9.86. The Hall–Kier alpha value is -2.57. The standard InChI is InChI=1S/C20H26N2O5/c23-18(21-15-6-3-13(4-7-15)20(25)26)2-1-11-27-16-8-9-17-14(12-16)5-10-19(24)22-17/h8-9,12-13,15H,1-7,10-11H2,(H,21,23)(H,22,24)(H,25,26). The van der Waals surface area contributed by atoms with E-state index >= 15 is 0 Å². The Labute approximate surface area is 158 Å². The van der Waals surface area contributed by atoms with E-state index in [0.29, 0.717) is 45.1 Å². The normalized spacial score (nSPS) is 21.7. The van der Waals surface area contributed by atoms with Crippen molar-refractivity contribution in [2.24, 2.45) is 5.92 Å². The molecule has 146 valence electrons. The second-order valence-electron chi connectivity index (χ2n) is 7.27. The zero-order valence-electron chi connectivity index (χ0n) is 15.3. The number of nitrogens with one attached hydrogen (secondary N) is 2. The molecule has 1 aromatic carbocycles. The summed E-state index contributed by atoms with van der Waals surface area (Å²) in [5, 5.41) is 14.8. The number of ether oxygens (including phenoxy) is 1. The fraction of sp³-hybridized carbons (Fsp3) is 0.550. The summed E-state index contributed by atoms with van der Waals surface area (Å²) in [6.45, 7) is 0.449. The van der Waals surface area contributed by atoms with Crippen LogP contribution >= 0.6 is 0 Å². The maximum Gasteiger partial charge on any atom is 0.306 e. The Morgan fingerprint density at radius 3 is 2.70 bits per heavy atom. The third-order valence-corrected chi connectivity index (χ3v) is 5.23. The minimum absolute atomic E-state index is 0.00877. The van der Waals surface area contributed by atoms with Gasteiger partial charge in [-0.25, -0.2) is 0 Å². The molecular formula is C20H26N2O5. The van der Waals surface area contributed by atoms with E-state index in [-0.39, 0.29) is 23.8 Å². The summed E-state index contributed by atoms with van der Waals surface area (Å²) in [5.74, 6) is -0.223. The first-order valence-electron chi connectivity index (χ1n) is 9.59. The van der Waals surface area contributed by atoms with Crippen LogP contribution in [0.1, 0.15) is 50.5 Å². The third kappa shape index (κ3) is 5.45. The topological polar surface area (TPSA) is 105 Å². The van der Waals surface area contributed by atoms with Gasteiger partial charge in [-0.3, -0.25) is 14.4 Å². The van der Waals surface area contributed by atoms with Gasteiger partial charge >= 0.3 is 5.97 Å². The van der Waals surface area contributed by atoms with Gasteiger partial charge in [0.15, 0.2) is 0 Å². The average Bonchev–Trinajstić information content (AvgIpc) is 2.65. The minimum atomic E-state index is -0.735. The fourth-order valence-corrected chi connectivity index (χ4v) is 3.66. The molecule has 0 unspecified atom stereocenters. The van der Waals surface area contributed by atoms with Crippen molar-refractivity contribution in [2.45, 2.75) is 57.4 Å². The number of hydrogen-bond acceptors (Lipinski definition) is 4. The fourth-order valence-electron chi connectivity index (χ4n) is 3.66. The molecule has 0 aromatic heterocycles. The van der Waals surface area contributed by atoms with Crippen LogP contribution in [-0.4, -0.2) is 35.5 Å². The number of carboxylic acids is 1.